The summed E-state index contributed by atoms with van der Waals surface area (Å²) in [6.07, 6.45) is 13.1. The van der Waals surface area contributed by atoms with Gasteiger partial charge in [0.05, 0.1) is 6.10 Å². The van der Waals surface area contributed by atoms with Gasteiger partial charge < -0.3 is 4.74 Å². The second-order valence-electron chi connectivity index (χ2n) is 5.15. The minimum atomic E-state index is 0.562. The van der Waals surface area contributed by atoms with E-state index in [1.807, 2.05) is 0 Å². The van der Waals surface area contributed by atoms with Gasteiger partial charge in [0.2, 0.25) is 0 Å². The van der Waals surface area contributed by atoms with Crippen LogP contribution in [0, 0.1) is 5.92 Å². The molecule has 2 fully saturated rings. The standard InChI is InChI=1S/C13H23IO/c14-12-6-2-1-3-7-13(12)15-10-4-5-11-8-9-11/h11-13H,1-10H2. The highest BCUT2D eigenvalue weighted by Gasteiger charge is 2.23. The maximum absolute atomic E-state index is 6.05. The number of rotatable bonds is 5. The van der Waals surface area contributed by atoms with E-state index in [2.05, 4.69) is 22.6 Å². The molecule has 2 aliphatic rings. The lowest BCUT2D eigenvalue weighted by molar-refractivity contribution is 0.0472. The Bertz CT molecular complexity index is 179. The van der Waals surface area contributed by atoms with Crippen molar-refractivity contribution in [2.24, 2.45) is 5.92 Å². The molecule has 0 aromatic carbocycles. The Morgan fingerprint density at radius 2 is 1.80 bits per heavy atom. The monoisotopic (exact) mass is 322 g/mol. The van der Waals surface area contributed by atoms with Crippen LogP contribution in [0.5, 0.6) is 0 Å². The highest BCUT2D eigenvalue weighted by molar-refractivity contribution is 14.1. The van der Waals surface area contributed by atoms with Crippen molar-refractivity contribution in [1.82, 2.24) is 0 Å². The summed E-state index contributed by atoms with van der Waals surface area (Å²) in [6, 6.07) is 0. The molecule has 0 N–H and O–H groups in total. The molecule has 2 rings (SSSR count). The van der Waals surface area contributed by atoms with Crippen LogP contribution < -0.4 is 0 Å². The quantitative estimate of drug-likeness (QED) is 0.317. The molecule has 0 aliphatic heterocycles. The molecule has 2 unspecified atom stereocenters. The largest absolute Gasteiger partial charge is 0.377 e. The van der Waals surface area contributed by atoms with E-state index in [-0.39, 0.29) is 0 Å². The van der Waals surface area contributed by atoms with E-state index < -0.39 is 0 Å². The zero-order valence-corrected chi connectivity index (χ0v) is 11.7. The molecule has 15 heavy (non-hydrogen) atoms. The van der Waals surface area contributed by atoms with Gasteiger partial charge in [0, 0.05) is 10.5 Å². The van der Waals surface area contributed by atoms with Crippen LogP contribution in [0.1, 0.15) is 57.8 Å². The van der Waals surface area contributed by atoms with Crippen LogP contribution >= 0.6 is 22.6 Å². The smallest absolute Gasteiger partial charge is 0.0692 e. The van der Waals surface area contributed by atoms with Crippen LogP contribution in [-0.2, 0) is 4.74 Å². The molecule has 2 aliphatic carbocycles. The number of halogens is 1. The van der Waals surface area contributed by atoms with Crippen molar-refractivity contribution in [3.8, 4) is 0 Å². The number of ether oxygens (including phenoxy) is 1. The van der Waals surface area contributed by atoms with Gasteiger partial charge in [-0.2, -0.15) is 0 Å². The Morgan fingerprint density at radius 3 is 2.60 bits per heavy atom. The topological polar surface area (TPSA) is 9.23 Å². The molecule has 0 aromatic rings. The molecule has 2 heteroatoms. The van der Waals surface area contributed by atoms with E-state index in [1.165, 1.54) is 57.8 Å². The van der Waals surface area contributed by atoms with E-state index in [4.69, 9.17) is 4.74 Å². The maximum atomic E-state index is 6.05. The molecule has 0 saturated heterocycles. The average molecular weight is 322 g/mol. The number of alkyl halides is 1. The third-order valence-electron chi connectivity index (χ3n) is 3.66. The van der Waals surface area contributed by atoms with Crippen LogP contribution in [0.4, 0.5) is 0 Å². The van der Waals surface area contributed by atoms with Crippen molar-refractivity contribution >= 4 is 22.6 Å². The zero-order chi connectivity index (χ0) is 10.5. The summed E-state index contributed by atoms with van der Waals surface area (Å²) < 4.78 is 6.82. The van der Waals surface area contributed by atoms with Gasteiger partial charge >= 0.3 is 0 Å². The van der Waals surface area contributed by atoms with Gasteiger partial charge in [-0.25, -0.2) is 0 Å². The van der Waals surface area contributed by atoms with Gasteiger partial charge in [-0.05, 0) is 31.6 Å². The molecule has 0 amide bonds. The fourth-order valence-electron chi connectivity index (χ4n) is 2.43. The first-order chi connectivity index (χ1) is 7.36. The van der Waals surface area contributed by atoms with Crippen molar-refractivity contribution in [3.63, 3.8) is 0 Å². The van der Waals surface area contributed by atoms with Crippen molar-refractivity contribution in [3.05, 3.63) is 0 Å². The van der Waals surface area contributed by atoms with Crippen LogP contribution in [0.15, 0.2) is 0 Å². The Morgan fingerprint density at radius 1 is 1.00 bits per heavy atom. The lowest BCUT2D eigenvalue weighted by Crippen LogP contribution is -2.23. The minimum Gasteiger partial charge on any atom is -0.377 e. The van der Waals surface area contributed by atoms with Gasteiger partial charge in [0.1, 0.15) is 0 Å². The summed E-state index contributed by atoms with van der Waals surface area (Å²) in [5.41, 5.74) is 0. The number of hydrogen-bond acceptors (Lipinski definition) is 1. The molecule has 0 spiro atoms. The number of hydrogen-bond donors (Lipinski definition) is 0. The SMILES string of the molecule is IC1CCCCCC1OCCCC1CC1. The molecule has 0 heterocycles. The third kappa shape index (κ3) is 4.59. The predicted molar refractivity (Wildman–Crippen MR) is 72.6 cm³/mol. The van der Waals surface area contributed by atoms with Crippen molar-refractivity contribution in [2.75, 3.05) is 6.61 Å². The second kappa shape index (κ2) is 6.43. The zero-order valence-electron chi connectivity index (χ0n) is 9.59. The summed E-state index contributed by atoms with van der Waals surface area (Å²) in [5, 5.41) is 0. The normalized spacial score (nSPS) is 32.6. The Kier molecular flexibility index (Phi) is 5.21. The molecule has 0 radical (unpaired) electrons. The summed E-state index contributed by atoms with van der Waals surface area (Å²) in [7, 11) is 0. The molecular formula is C13H23IO. The Hall–Kier alpha value is 0.690. The molecule has 0 bridgehead atoms. The molecule has 1 nitrogen and oxygen atoms in total. The fourth-order valence-corrected chi connectivity index (χ4v) is 3.44. The van der Waals surface area contributed by atoms with Crippen molar-refractivity contribution in [1.29, 1.82) is 0 Å². The summed E-state index contributed by atoms with van der Waals surface area (Å²) in [4.78, 5) is 0. The molecular weight excluding hydrogens is 299 g/mol. The van der Waals surface area contributed by atoms with Gasteiger partial charge in [0.15, 0.2) is 0 Å². The molecule has 2 atom stereocenters. The average Bonchev–Trinajstić information content (AvgIpc) is 3.03. The van der Waals surface area contributed by atoms with E-state index in [0.29, 0.717) is 6.10 Å². The predicted octanol–water partition coefficient (Wildman–Crippen LogP) is 4.33. The molecule has 88 valence electrons. The van der Waals surface area contributed by atoms with Crippen molar-refractivity contribution < 1.29 is 4.74 Å². The van der Waals surface area contributed by atoms with E-state index in [9.17, 15) is 0 Å². The lowest BCUT2D eigenvalue weighted by atomic mass is 10.1. The van der Waals surface area contributed by atoms with Gasteiger partial charge in [0.25, 0.3) is 0 Å². The van der Waals surface area contributed by atoms with Gasteiger partial charge in [-0.3, -0.25) is 0 Å². The third-order valence-corrected chi connectivity index (χ3v) is 5.08. The van der Waals surface area contributed by atoms with Gasteiger partial charge in [-0.1, -0.05) is 54.7 Å². The molecule has 2 saturated carbocycles. The van der Waals surface area contributed by atoms with Crippen molar-refractivity contribution in [2.45, 2.75) is 67.8 Å². The fraction of sp³-hybridized carbons (Fsp3) is 1.00. The van der Waals surface area contributed by atoms with Crippen LogP contribution in [0.25, 0.3) is 0 Å². The van der Waals surface area contributed by atoms with E-state index in [0.717, 1.165) is 16.4 Å². The highest BCUT2D eigenvalue weighted by atomic mass is 127. The highest BCUT2D eigenvalue weighted by Crippen LogP contribution is 2.33. The van der Waals surface area contributed by atoms with E-state index >= 15 is 0 Å². The minimum absolute atomic E-state index is 0.562. The van der Waals surface area contributed by atoms with Crippen LogP contribution in [0.2, 0.25) is 0 Å². The van der Waals surface area contributed by atoms with Crippen LogP contribution in [-0.4, -0.2) is 16.6 Å². The Labute approximate surface area is 107 Å². The first-order valence-corrected chi connectivity index (χ1v) is 7.86. The molecule has 0 aromatic heterocycles. The van der Waals surface area contributed by atoms with Gasteiger partial charge in [-0.15, -0.1) is 0 Å². The summed E-state index contributed by atoms with van der Waals surface area (Å²) >= 11 is 2.60. The first kappa shape index (κ1) is 12.2. The maximum Gasteiger partial charge on any atom is 0.0692 e. The van der Waals surface area contributed by atoms with E-state index in [1.54, 1.807) is 0 Å². The second-order valence-corrected chi connectivity index (χ2v) is 6.75. The first-order valence-electron chi connectivity index (χ1n) is 6.62. The summed E-state index contributed by atoms with van der Waals surface area (Å²) in [5.74, 6) is 1.07. The van der Waals surface area contributed by atoms with Crippen LogP contribution in [0.3, 0.4) is 0 Å². The lowest BCUT2D eigenvalue weighted by Gasteiger charge is -2.20. The Balaban J connectivity index is 1.58. The summed E-state index contributed by atoms with van der Waals surface area (Å²) in [6.45, 7) is 1.01.